The number of non-ortho nitro benzene ring substituents is 1. The zero-order valence-corrected chi connectivity index (χ0v) is 19.4. The fourth-order valence-corrected chi connectivity index (χ4v) is 4.71. The number of carbonyl (C=O) groups excluding carboxylic acids is 1. The van der Waals surface area contributed by atoms with E-state index in [-0.39, 0.29) is 22.8 Å². The van der Waals surface area contributed by atoms with E-state index in [4.69, 9.17) is 4.74 Å². The molecule has 10 heteroatoms. The quantitative estimate of drug-likeness (QED) is 0.274. The second-order valence-electron chi connectivity index (χ2n) is 7.04. The number of nitro benzene ring substituents is 1. The summed E-state index contributed by atoms with van der Waals surface area (Å²) in [5.74, 6) is -0.236. The number of nitro groups is 1. The van der Waals surface area contributed by atoms with Gasteiger partial charge in [-0.25, -0.2) is 8.42 Å². The van der Waals surface area contributed by atoms with Crippen molar-refractivity contribution in [2.24, 2.45) is 0 Å². The Kier molecular flexibility index (Phi) is 7.64. The fraction of sp³-hybridized carbons (Fsp3) is 0.125. The Morgan fingerprint density at radius 2 is 1.76 bits per heavy atom. The molecule has 0 aliphatic carbocycles. The number of para-hydroxylation sites is 1. The van der Waals surface area contributed by atoms with Gasteiger partial charge in [0.15, 0.2) is 0 Å². The molecular formula is C24H23N3O6S. The van der Waals surface area contributed by atoms with Crippen LogP contribution in [0.4, 0.5) is 17.1 Å². The number of ether oxygens (including phenoxy) is 1. The molecule has 0 aliphatic rings. The van der Waals surface area contributed by atoms with Crippen LogP contribution < -0.4 is 14.4 Å². The lowest BCUT2D eigenvalue weighted by molar-refractivity contribution is -0.384. The van der Waals surface area contributed by atoms with Crippen molar-refractivity contribution in [1.29, 1.82) is 0 Å². The van der Waals surface area contributed by atoms with E-state index in [9.17, 15) is 23.3 Å². The summed E-state index contributed by atoms with van der Waals surface area (Å²) in [4.78, 5) is 22.7. The first-order valence-corrected chi connectivity index (χ1v) is 11.7. The maximum atomic E-state index is 13.3. The van der Waals surface area contributed by atoms with E-state index < -0.39 is 20.9 Å². The van der Waals surface area contributed by atoms with Crippen LogP contribution in [-0.4, -0.2) is 32.9 Å². The van der Waals surface area contributed by atoms with E-state index in [2.05, 4.69) is 5.32 Å². The minimum Gasteiger partial charge on any atom is -0.495 e. The summed E-state index contributed by atoms with van der Waals surface area (Å²) >= 11 is 0. The van der Waals surface area contributed by atoms with Crippen molar-refractivity contribution in [3.05, 3.63) is 94.6 Å². The van der Waals surface area contributed by atoms with Crippen LogP contribution in [-0.2, 0) is 14.8 Å². The molecule has 0 aliphatic heterocycles. The first kappa shape index (κ1) is 24.5. The van der Waals surface area contributed by atoms with Crippen molar-refractivity contribution in [1.82, 2.24) is 0 Å². The topological polar surface area (TPSA) is 119 Å². The van der Waals surface area contributed by atoms with Crippen LogP contribution in [0.2, 0.25) is 0 Å². The Morgan fingerprint density at radius 3 is 2.35 bits per heavy atom. The molecule has 0 atom stereocenters. The molecule has 0 unspecified atom stereocenters. The van der Waals surface area contributed by atoms with Crippen LogP contribution >= 0.6 is 0 Å². The van der Waals surface area contributed by atoms with Gasteiger partial charge in [-0.15, -0.1) is 0 Å². The number of anilines is 2. The molecule has 3 aromatic rings. The summed E-state index contributed by atoms with van der Waals surface area (Å²) in [5, 5.41) is 13.4. The monoisotopic (exact) mass is 481 g/mol. The molecule has 0 saturated carbocycles. The van der Waals surface area contributed by atoms with Gasteiger partial charge in [0.2, 0.25) is 5.91 Å². The molecule has 0 spiro atoms. The second kappa shape index (κ2) is 10.6. The highest BCUT2D eigenvalue weighted by Crippen LogP contribution is 2.30. The largest absolute Gasteiger partial charge is 0.495 e. The van der Waals surface area contributed by atoms with Crippen molar-refractivity contribution < 1.29 is 22.9 Å². The summed E-state index contributed by atoms with van der Waals surface area (Å²) in [6, 6.07) is 18.6. The van der Waals surface area contributed by atoms with Crippen molar-refractivity contribution >= 4 is 39.1 Å². The van der Waals surface area contributed by atoms with Gasteiger partial charge in [0.1, 0.15) is 5.75 Å². The number of nitrogens with zero attached hydrogens (tertiary/aromatic N) is 2. The second-order valence-corrected chi connectivity index (χ2v) is 8.90. The number of hydrogen-bond donors (Lipinski definition) is 1. The molecule has 9 nitrogen and oxygen atoms in total. The number of benzene rings is 3. The molecule has 0 aromatic heterocycles. The predicted molar refractivity (Wildman–Crippen MR) is 130 cm³/mol. The van der Waals surface area contributed by atoms with Gasteiger partial charge in [0, 0.05) is 24.8 Å². The average molecular weight is 482 g/mol. The van der Waals surface area contributed by atoms with E-state index in [0.29, 0.717) is 17.0 Å². The Balaban J connectivity index is 1.84. The highest BCUT2D eigenvalue weighted by atomic mass is 32.2. The van der Waals surface area contributed by atoms with E-state index in [1.54, 1.807) is 37.3 Å². The third-order valence-electron chi connectivity index (χ3n) is 4.88. The third-order valence-corrected chi connectivity index (χ3v) is 6.78. The van der Waals surface area contributed by atoms with Gasteiger partial charge in [0.25, 0.3) is 15.7 Å². The van der Waals surface area contributed by atoms with Crippen molar-refractivity contribution in [3.63, 3.8) is 0 Å². The zero-order chi connectivity index (χ0) is 24.7. The molecule has 3 rings (SSSR count). The van der Waals surface area contributed by atoms with Crippen LogP contribution in [0, 0.1) is 10.1 Å². The highest BCUT2D eigenvalue weighted by Gasteiger charge is 2.25. The number of carbonyl (C=O) groups is 1. The van der Waals surface area contributed by atoms with Crippen molar-refractivity contribution in [2.75, 3.05) is 23.3 Å². The molecule has 3 aromatic carbocycles. The van der Waals surface area contributed by atoms with Gasteiger partial charge in [-0.05, 0) is 61.0 Å². The van der Waals surface area contributed by atoms with Gasteiger partial charge in [-0.1, -0.05) is 18.2 Å². The van der Waals surface area contributed by atoms with Crippen LogP contribution in [0.25, 0.3) is 6.08 Å². The normalized spacial score (nSPS) is 11.2. The van der Waals surface area contributed by atoms with Crippen LogP contribution in [0.1, 0.15) is 12.5 Å². The van der Waals surface area contributed by atoms with Gasteiger partial charge < -0.3 is 10.1 Å². The molecule has 34 heavy (non-hydrogen) atoms. The van der Waals surface area contributed by atoms with Crippen molar-refractivity contribution in [2.45, 2.75) is 11.8 Å². The molecule has 0 bridgehead atoms. The smallest absolute Gasteiger partial charge is 0.269 e. The first-order valence-electron chi connectivity index (χ1n) is 10.3. The van der Waals surface area contributed by atoms with Crippen molar-refractivity contribution in [3.8, 4) is 5.75 Å². The zero-order valence-electron chi connectivity index (χ0n) is 18.5. The van der Waals surface area contributed by atoms with E-state index in [1.165, 1.54) is 66.0 Å². The molecular weight excluding hydrogens is 458 g/mol. The summed E-state index contributed by atoms with van der Waals surface area (Å²) in [5.41, 5.74) is 1.25. The minimum atomic E-state index is -3.90. The standard InChI is InChI=1S/C24H23N3O6S/c1-3-26(19-7-5-4-6-8-19)34(31,32)21-14-15-23(33-2)22(17-21)25-24(28)16-11-18-9-12-20(13-10-18)27(29)30/h4-17H,3H2,1-2H3,(H,25,28)/b16-11+. The van der Waals surface area contributed by atoms with Crippen LogP contribution in [0.3, 0.4) is 0 Å². The van der Waals surface area contributed by atoms with E-state index in [0.717, 1.165) is 0 Å². The lowest BCUT2D eigenvalue weighted by Crippen LogP contribution is -2.30. The first-order chi connectivity index (χ1) is 16.3. The fourth-order valence-electron chi connectivity index (χ4n) is 3.21. The number of hydrogen-bond acceptors (Lipinski definition) is 6. The molecule has 1 amide bonds. The van der Waals surface area contributed by atoms with Gasteiger partial charge >= 0.3 is 0 Å². The number of rotatable bonds is 9. The molecule has 1 N–H and O–H groups in total. The minimum absolute atomic E-state index is 0.00588. The average Bonchev–Trinajstić information content (AvgIpc) is 2.84. The Bertz CT molecular complexity index is 1310. The summed E-state index contributed by atoms with van der Waals surface area (Å²) < 4.78 is 33.1. The SMILES string of the molecule is CCN(c1ccccc1)S(=O)(=O)c1ccc(OC)c(NC(=O)/C=C/c2ccc([N+](=O)[O-])cc2)c1. The maximum absolute atomic E-state index is 13.3. The molecule has 0 heterocycles. The number of sulfonamides is 1. The molecule has 176 valence electrons. The summed E-state index contributed by atoms with van der Waals surface area (Å²) in [6.45, 7) is 1.96. The number of nitrogens with one attached hydrogen (secondary N) is 1. The Labute approximate surface area is 197 Å². The molecule has 0 saturated heterocycles. The number of methoxy groups -OCH3 is 1. The number of amides is 1. The Morgan fingerprint density at radius 1 is 1.09 bits per heavy atom. The predicted octanol–water partition coefficient (Wildman–Crippen LogP) is 4.47. The van der Waals surface area contributed by atoms with E-state index >= 15 is 0 Å². The van der Waals surface area contributed by atoms with Crippen LogP contribution in [0.5, 0.6) is 5.75 Å². The molecule has 0 fully saturated rings. The lowest BCUT2D eigenvalue weighted by atomic mass is 10.2. The Hall–Kier alpha value is -4.18. The highest BCUT2D eigenvalue weighted by molar-refractivity contribution is 7.92. The van der Waals surface area contributed by atoms with Gasteiger partial charge in [0.05, 0.1) is 28.3 Å². The maximum Gasteiger partial charge on any atom is 0.269 e. The van der Waals surface area contributed by atoms with Gasteiger partial charge in [-0.2, -0.15) is 0 Å². The lowest BCUT2D eigenvalue weighted by Gasteiger charge is -2.23. The van der Waals surface area contributed by atoms with Gasteiger partial charge in [-0.3, -0.25) is 19.2 Å². The molecule has 0 radical (unpaired) electrons. The van der Waals surface area contributed by atoms with Crippen LogP contribution in [0.15, 0.2) is 83.8 Å². The summed E-state index contributed by atoms with van der Waals surface area (Å²) in [7, 11) is -2.49. The van der Waals surface area contributed by atoms with E-state index in [1.807, 2.05) is 0 Å². The third kappa shape index (κ3) is 5.59. The summed E-state index contributed by atoms with van der Waals surface area (Å²) in [6.07, 6.45) is 2.73.